The number of nitrogens with zero attached hydrogens (tertiary/aromatic N) is 1. The van der Waals surface area contributed by atoms with Crippen LogP contribution >= 0.6 is 0 Å². The molecule has 0 bridgehead atoms. The van der Waals surface area contributed by atoms with Gasteiger partial charge in [0.15, 0.2) is 0 Å². The van der Waals surface area contributed by atoms with Gasteiger partial charge in [-0.1, -0.05) is 12.1 Å². The predicted molar refractivity (Wildman–Crippen MR) is 75.5 cm³/mol. The molecule has 2 aromatic rings. The minimum atomic E-state index is -0.0337. The molecule has 4 nitrogen and oxygen atoms in total. The Balaban J connectivity index is 2.12. The number of nitrogens with one attached hydrogen (secondary N) is 1. The largest absolute Gasteiger partial charge is 0.489 e. The van der Waals surface area contributed by atoms with E-state index < -0.39 is 0 Å². The normalized spacial score (nSPS) is 10.2. The lowest BCUT2D eigenvalue weighted by Gasteiger charge is -2.10. The zero-order valence-electron chi connectivity index (χ0n) is 11.1. The van der Waals surface area contributed by atoms with Gasteiger partial charge in [0.05, 0.1) is 0 Å². The Morgan fingerprint density at radius 1 is 1.26 bits per heavy atom. The van der Waals surface area contributed by atoms with Crippen LogP contribution in [0.1, 0.15) is 22.4 Å². The fraction of sp³-hybridized carbons (Fsp3) is 0.200. The van der Waals surface area contributed by atoms with Crippen LogP contribution in [0, 0.1) is 19.3 Å². The Bertz CT molecular complexity index is 608. The van der Waals surface area contributed by atoms with Crippen molar-refractivity contribution in [1.82, 2.24) is 4.98 Å². The van der Waals surface area contributed by atoms with Crippen LogP contribution in [-0.2, 0) is 6.61 Å². The minimum absolute atomic E-state index is 0.0337. The van der Waals surface area contributed by atoms with Gasteiger partial charge in [0, 0.05) is 6.20 Å². The smallest absolute Gasteiger partial charge is 0.141 e. The van der Waals surface area contributed by atoms with Gasteiger partial charge in [0.25, 0.3) is 0 Å². The summed E-state index contributed by atoms with van der Waals surface area (Å²) >= 11 is 0. The molecule has 0 atom stereocenters. The van der Waals surface area contributed by atoms with Gasteiger partial charge >= 0.3 is 0 Å². The average molecular weight is 255 g/mol. The second-order valence-electron chi connectivity index (χ2n) is 4.52. The van der Waals surface area contributed by atoms with E-state index in [-0.39, 0.29) is 5.84 Å². The number of benzene rings is 1. The van der Waals surface area contributed by atoms with E-state index in [4.69, 9.17) is 15.9 Å². The van der Waals surface area contributed by atoms with Crippen LogP contribution in [0.25, 0.3) is 0 Å². The highest BCUT2D eigenvalue weighted by atomic mass is 16.5. The summed E-state index contributed by atoms with van der Waals surface area (Å²) in [6.07, 6.45) is 1.64. The van der Waals surface area contributed by atoms with E-state index in [2.05, 4.69) is 11.1 Å². The van der Waals surface area contributed by atoms with Gasteiger partial charge < -0.3 is 10.5 Å². The third kappa shape index (κ3) is 3.31. The lowest BCUT2D eigenvalue weighted by atomic mass is 10.1. The number of aryl methyl sites for hydroxylation is 2. The van der Waals surface area contributed by atoms with Crippen LogP contribution in [0.5, 0.6) is 5.75 Å². The molecule has 2 rings (SSSR count). The highest BCUT2D eigenvalue weighted by Gasteiger charge is 2.03. The number of aromatic nitrogens is 1. The van der Waals surface area contributed by atoms with Crippen molar-refractivity contribution in [2.24, 2.45) is 5.73 Å². The highest BCUT2D eigenvalue weighted by molar-refractivity contribution is 5.93. The number of hydrogen-bond acceptors (Lipinski definition) is 3. The predicted octanol–water partition coefficient (Wildman–Crippen LogP) is 2.56. The van der Waals surface area contributed by atoms with Crippen molar-refractivity contribution in [2.45, 2.75) is 20.5 Å². The lowest BCUT2D eigenvalue weighted by Crippen LogP contribution is -2.13. The lowest BCUT2D eigenvalue weighted by molar-refractivity contribution is 0.304. The molecule has 4 heteroatoms. The third-order valence-corrected chi connectivity index (χ3v) is 2.84. The number of pyridine rings is 1. The second-order valence-corrected chi connectivity index (χ2v) is 4.52. The van der Waals surface area contributed by atoms with Crippen molar-refractivity contribution in [3.63, 3.8) is 0 Å². The van der Waals surface area contributed by atoms with Gasteiger partial charge in [-0.15, -0.1) is 0 Å². The van der Waals surface area contributed by atoms with Gasteiger partial charge in [0.1, 0.15) is 23.9 Å². The first-order valence-electron chi connectivity index (χ1n) is 6.05. The zero-order chi connectivity index (χ0) is 13.8. The molecule has 0 amide bonds. The quantitative estimate of drug-likeness (QED) is 0.651. The van der Waals surface area contributed by atoms with Crippen LogP contribution < -0.4 is 10.5 Å². The second kappa shape index (κ2) is 5.52. The first-order valence-corrected chi connectivity index (χ1v) is 6.05. The highest BCUT2D eigenvalue weighted by Crippen LogP contribution is 2.20. The maximum Gasteiger partial charge on any atom is 0.141 e. The monoisotopic (exact) mass is 255 g/mol. The minimum Gasteiger partial charge on any atom is -0.489 e. The Kier molecular flexibility index (Phi) is 3.80. The fourth-order valence-electron chi connectivity index (χ4n) is 1.74. The maximum absolute atomic E-state index is 7.37. The topological polar surface area (TPSA) is 72.0 Å². The summed E-state index contributed by atoms with van der Waals surface area (Å²) in [6, 6.07) is 9.74. The molecule has 0 aliphatic carbocycles. The molecule has 0 saturated carbocycles. The van der Waals surface area contributed by atoms with E-state index in [0.717, 1.165) is 16.9 Å². The molecule has 19 heavy (non-hydrogen) atoms. The van der Waals surface area contributed by atoms with Crippen LogP contribution in [0.15, 0.2) is 36.5 Å². The summed E-state index contributed by atoms with van der Waals surface area (Å²) in [5.74, 6) is 0.842. The molecule has 0 fully saturated rings. The van der Waals surface area contributed by atoms with Gasteiger partial charge in [-0.05, 0) is 48.7 Å². The fourth-order valence-corrected chi connectivity index (χ4v) is 1.74. The van der Waals surface area contributed by atoms with Gasteiger partial charge in [-0.25, -0.2) is 0 Å². The molecule has 1 aromatic carbocycles. The van der Waals surface area contributed by atoms with Crippen LogP contribution in [0.4, 0.5) is 0 Å². The molecule has 0 radical (unpaired) electrons. The van der Waals surface area contributed by atoms with Crippen molar-refractivity contribution >= 4 is 5.84 Å². The molecular weight excluding hydrogens is 238 g/mol. The summed E-state index contributed by atoms with van der Waals surface area (Å²) in [4.78, 5) is 4.02. The van der Waals surface area contributed by atoms with Crippen molar-refractivity contribution in [1.29, 1.82) is 5.41 Å². The van der Waals surface area contributed by atoms with E-state index >= 15 is 0 Å². The Hall–Kier alpha value is -2.36. The first-order chi connectivity index (χ1) is 9.06. The third-order valence-electron chi connectivity index (χ3n) is 2.84. The summed E-state index contributed by atoms with van der Waals surface area (Å²) in [5, 5.41) is 7.37. The molecular formula is C15H17N3O. The molecule has 0 aliphatic rings. The zero-order valence-corrected chi connectivity index (χ0v) is 11.1. The molecule has 0 spiro atoms. The summed E-state index contributed by atoms with van der Waals surface area (Å²) in [5.41, 5.74) is 9.10. The molecule has 0 saturated heterocycles. The van der Waals surface area contributed by atoms with E-state index in [9.17, 15) is 0 Å². The molecule has 1 heterocycles. The van der Waals surface area contributed by atoms with Gasteiger partial charge in [-0.2, -0.15) is 0 Å². The summed E-state index contributed by atoms with van der Waals surface area (Å²) in [7, 11) is 0. The maximum atomic E-state index is 7.37. The van der Waals surface area contributed by atoms with E-state index in [1.807, 2.05) is 32.0 Å². The summed E-state index contributed by atoms with van der Waals surface area (Å²) in [6.45, 7) is 4.49. The van der Waals surface area contributed by atoms with Crippen molar-refractivity contribution in [2.75, 3.05) is 0 Å². The standard InChI is InChI=1S/C15H17N3O/c1-10-3-4-11(2)14(7-10)19-9-12-5-6-18-13(8-12)15(16)17/h3-8H,9H2,1-2H3,(H3,16,17). The first kappa shape index (κ1) is 13.1. The van der Waals surface area contributed by atoms with E-state index in [1.54, 1.807) is 12.3 Å². The Morgan fingerprint density at radius 2 is 2.05 bits per heavy atom. The van der Waals surface area contributed by atoms with Crippen LogP contribution in [0.3, 0.4) is 0 Å². The SMILES string of the molecule is Cc1ccc(C)c(OCc2ccnc(C(=N)N)c2)c1. The van der Waals surface area contributed by atoms with E-state index in [0.29, 0.717) is 12.3 Å². The molecule has 0 unspecified atom stereocenters. The van der Waals surface area contributed by atoms with Crippen LogP contribution in [-0.4, -0.2) is 10.8 Å². The van der Waals surface area contributed by atoms with Crippen molar-refractivity contribution in [3.8, 4) is 5.75 Å². The number of amidine groups is 1. The van der Waals surface area contributed by atoms with Crippen molar-refractivity contribution in [3.05, 3.63) is 58.9 Å². The Labute approximate surface area is 112 Å². The molecule has 1 aromatic heterocycles. The van der Waals surface area contributed by atoms with Crippen molar-refractivity contribution < 1.29 is 4.74 Å². The van der Waals surface area contributed by atoms with E-state index in [1.165, 1.54) is 5.56 Å². The Morgan fingerprint density at radius 3 is 2.79 bits per heavy atom. The molecule has 0 aliphatic heterocycles. The molecule has 3 N–H and O–H groups in total. The summed E-state index contributed by atoms with van der Waals surface area (Å²) < 4.78 is 5.80. The van der Waals surface area contributed by atoms with Gasteiger partial charge in [-0.3, -0.25) is 10.4 Å². The number of rotatable bonds is 4. The van der Waals surface area contributed by atoms with Gasteiger partial charge in [0.2, 0.25) is 0 Å². The number of nitrogens with two attached hydrogens (primary N) is 1. The molecule has 98 valence electrons. The number of nitrogen functional groups attached to an aromatic ring is 1. The number of ether oxygens (including phenoxy) is 1. The number of hydrogen-bond donors (Lipinski definition) is 2. The average Bonchev–Trinajstić information content (AvgIpc) is 2.40. The van der Waals surface area contributed by atoms with Crippen LogP contribution in [0.2, 0.25) is 0 Å².